The molecule has 1 atom stereocenters. The minimum absolute atomic E-state index is 0.101. The van der Waals surface area contributed by atoms with Crippen LogP contribution in [-0.2, 0) is 16.1 Å². The third-order valence-corrected chi connectivity index (χ3v) is 5.21. The molecular formula is C22H26FN3O4. The summed E-state index contributed by atoms with van der Waals surface area (Å²) in [6.45, 7) is 2.77. The fourth-order valence-electron chi connectivity index (χ4n) is 3.56. The zero-order valence-corrected chi connectivity index (χ0v) is 17.0. The number of nitrogens with zero attached hydrogens (tertiary/aromatic N) is 2. The molecule has 7 nitrogen and oxygen atoms in total. The van der Waals surface area contributed by atoms with Crippen LogP contribution in [0.25, 0.3) is 0 Å². The Bertz CT molecular complexity index is 867. The number of hydrogen-bond acceptors (Lipinski definition) is 4. The van der Waals surface area contributed by atoms with Gasteiger partial charge in [0.05, 0.1) is 12.8 Å². The molecule has 1 fully saturated rings. The van der Waals surface area contributed by atoms with E-state index in [1.54, 1.807) is 36.1 Å². The number of halogens is 1. The maximum Gasteiger partial charge on any atom is 0.290 e. The number of piperidine rings is 1. The minimum Gasteiger partial charge on any atom is -0.459 e. The number of hydrogen-bond donors (Lipinski definition) is 1. The Morgan fingerprint density at radius 1 is 1.20 bits per heavy atom. The maximum atomic E-state index is 13.1. The molecule has 0 bridgehead atoms. The van der Waals surface area contributed by atoms with Crippen LogP contribution in [0.4, 0.5) is 4.39 Å². The molecule has 1 aromatic heterocycles. The Labute approximate surface area is 174 Å². The molecular weight excluding hydrogens is 389 g/mol. The van der Waals surface area contributed by atoms with Crippen molar-refractivity contribution in [2.75, 3.05) is 19.6 Å². The van der Waals surface area contributed by atoms with Crippen molar-refractivity contribution >= 4 is 17.7 Å². The lowest BCUT2D eigenvalue weighted by Gasteiger charge is -2.37. The zero-order chi connectivity index (χ0) is 21.5. The number of benzene rings is 1. The zero-order valence-electron chi connectivity index (χ0n) is 17.0. The molecule has 1 N–H and O–H groups in total. The van der Waals surface area contributed by atoms with Gasteiger partial charge in [-0.3, -0.25) is 14.4 Å². The highest BCUT2D eigenvalue weighted by Gasteiger charge is 2.36. The van der Waals surface area contributed by atoms with E-state index in [1.807, 2.05) is 0 Å². The first kappa shape index (κ1) is 21.5. The predicted molar refractivity (Wildman–Crippen MR) is 108 cm³/mol. The van der Waals surface area contributed by atoms with Crippen LogP contribution < -0.4 is 5.32 Å². The fraction of sp³-hybridized carbons (Fsp3) is 0.409. The molecule has 3 rings (SSSR count). The normalized spacial score (nSPS) is 16.2. The van der Waals surface area contributed by atoms with Gasteiger partial charge in [-0.05, 0) is 56.0 Å². The van der Waals surface area contributed by atoms with E-state index in [-0.39, 0.29) is 42.4 Å². The molecule has 0 spiro atoms. The summed E-state index contributed by atoms with van der Waals surface area (Å²) in [6.07, 6.45) is 3.64. The molecule has 1 aliphatic rings. The average Bonchev–Trinajstić information content (AvgIpc) is 3.31. The lowest BCUT2D eigenvalue weighted by atomic mass is 10.00. The molecule has 0 radical (unpaired) electrons. The quantitative estimate of drug-likeness (QED) is 0.754. The van der Waals surface area contributed by atoms with Crippen molar-refractivity contribution in [2.24, 2.45) is 0 Å². The van der Waals surface area contributed by atoms with E-state index in [1.165, 1.54) is 23.3 Å². The molecule has 0 saturated carbocycles. The summed E-state index contributed by atoms with van der Waals surface area (Å²) >= 11 is 0. The summed E-state index contributed by atoms with van der Waals surface area (Å²) in [5, 5.41) is 2.75. The summed E-state index contributed by atoms with van der Waals surface area (Å²) in [4.78, 5) is 41.3. The lowest BCUT2D eigenvalue weighted by molar-refractivity contribution is -0.140. The Morgan fingerprint density at radius 2 is 1.97 bits per heavy atom. The van der Waals surface area contributed by atoms with Gasteiger partial charge in [0.15, 0.2) is 5.76 Å². The average molecular weight is 415 g/mol. The number of amides is 3. The van der Waals surface area contributed by atoms with Crippen molar-refractivity contribution in [2.45, 2.75) is 38.8 Å². The Kier molecular flexibility index (Phi) is 7.21. The predicted octanol–water partition coefficient (Wildman–Crippen LogP) is 2.58. The SMILES string of the molecule is CCN(CC(=O)NCc1ccc(F)cc1)C(=O)C1CCCCN1C(=O)c1ccco1. The van der Waals surface area contributed by atoms with Crippen LogP contribution >= 0.6 is 0 Å². The van der Waals surface area contributed by atoms with Crippen LogP contribution in [0.2, 0.25) is 0 Å². The molecule has 0 aliphatic carbocycles. The second-order valence-electron chi connectivity index (χ2n) is 7.24. The molecule has 2 aromatic rings. The summed E-state index contributed by atoms with van der Waals surface area (Å²) in [5.41, 5.74) is 0.765. The topological polar surface area (TPSA) is 82.9 Å². The van der Waals surface area contributed by atoms with Gasteiger partial charge >= 0.3 is 0 Å². The number of nitrogens with one attached hydrogen (secondary N) is 1. The third-order valence-electron chi connectivity index (χ3n) is 5.21. The number of carbonyl (C=O) groups excluding carboxylic acids is 3. The van der Waals surface area contributed by atoms with Crippen molar-refractivity contribution in [1.29, 1.82) is 0 Å². The van der Waals surface area contributed by atoms with Crippen molar-refractivity contribution < 1.29 is 23.2 Å². The van der Waals surface area contributed by atoms with E-state index in [4.69, 9.17) is 4.42 Å². The van der Waals surface area contributed by atoms with Gasteiger partial charge in [0.1, 0.15) is 11.9 Å². The van der Waals surface area contributed by atoms with Gasteiger partial charge in [0.25, 0.3) is 5.91 Å². The van der Waals surface area contributed by atoms with Crippen LogP contribution in [0.1, 0.15) is 42.3 Å². The van der Waals surface area contributed by atoms with Gasteiger partial charge in [-0.25, -0.2) is 4.39 Å². The first-order valence-corrected chi connectivity index (χ1v) is 10.1. The summed E-state index contributed by atoms with van der Waals surface area (Å²) in [7, 11) is 0. The smallest absolute Gasteiger partial charge is 0.290 e. The fourth-order valence-corrected chi connectivity index (χ4v) is 3.56. The van der Waals surface area contributed by atoms with Crippen molar-refractivity contribution in [1.82, 2.24) is 15.1 Å². The number of rotatable bonds is 7. The Hall–Kier alpha value is -3.16. The van der Waals surface area contributed by atoms with E-state index in [0.29, 0.717) is 19.5 Å². The Balaban J connectivity index is 1.61. The highest BCUT2D eigenvalue weighted by molar-refractivity contribution is 5.96. The van der Waals surface area contributed by atoms with Crippen LogP contribution in [0.15, 0.2) is 47.1 Å². The van der Waals surface area contributed by atoms with Crippen LogP contribution in [-0.4, -0.2) is 53.2 Å². The number of furan rings is 1. The summed E-state index contributed by atoms with van der Waals surface area (Å²) in [5.74, 6) is -0.998. The van der Waals surface area contributed by atoms with Crippen molar-refractivity contribution in [3.8, 4) is 0 Å². The molecule has 3 amide bonds. The van der Waals surface area contributed by atoms with Gasteiger partial charge in [0.2, 0.25) is 11.8 Å². The standard InChI is InChI=1S/C22H26FN3O4/c1-2-25(15-20(27)24-14-16-8-10-17(23)11-9-16)21(28)18-6-3-4-12-26(18)22(29)19-7-5-13-30-19/h5,7-11,13,18H,2-4,6,12,14-15H2,1H3,(H,24,27). The van der Waals surface area contributed by atoms with Gasteiger partial charge in [-0.2, -0.15) is 0 Å². The summed E-state index contributed by atoms with van der Waals surface area (Å²) in [6, 6.07) is 8.46. The molecule has 1 aliphatic heterocycles. The maximum absolute atomic E-state index is 13.1. The van der Waals surface area contributed by atoms with E-state index >= 15 is 0 Å². The monoisotopic (exact) mass is 415 g/mol. The molecule has 8 heteroatoms. The number of likely N-dealkylation sites (N-methyl/N-ethyl adjacent to an activating group) is 1. The van der Waals surface area contributed by atoms with Gasteiger partial charge < -0.3 is 19.5 Å². The van der Waals surface area contributed by atoms with E-state index in [2.05, 4.69) is 5.32 Å². The van der Waals surface area contributed by atoms with Crippen molar-refractivity contribution in [3.63, 3.8) is 0 Å². The minimum atomic E-state index is -0.610. The highest BCUT2D eigenvalue weighted by atomic mass is 19.1. The van der Waals surface area contributed by atoms with E-state index in [9.17, 15) is 18.8 Å². The second kappa shape index (κ2) is 10.0. The molecule has 1 aromatic carbocycles. The molecule has 1 unspecified atom stereocenters. The van der Waals surface area contributed by atoms with Crippen LogP contribution in [0.3, 0.4) is 0 Å². The van der Waals surface area contributed by atoms with E-state index in [0.717, 1.165) is 18.4 Å². The van der Waals surface area contributed by atoms with Gasteiger partial charge in [-0.1, -0.05) is 12.1 Å². The first-order chi connectivity index (χ1) is 14.5. The largest absolute Gasteiger partial charge is 0.459 e. The summed E-state index contributed by atoms with van der Waals surface area (Å²) < 4.78 is 18.2. The first-order valence-electron chi connectivity index (χ1n) is 10.1. The highest BCUT2D eigenvalue weighted by Crippen LogP contribution is 2.22. The van der Waals surface area contributed by atoms with Gasteiger partial charge in [-0.15, -0.1) is 0 Å². The number of carbonyl (C=O) groups is 3. The third kappa shape index (κ3) is 5.25. The van der Waals surface area contributed by atoms with Crippen LogP contribution in [0.5, 0.6) is 0 Å². The molecule has 2 heterocycles. The van der Waals surface area contributed by atoms with E-state index < -0.39 is 6.04 Å². The molecule has 30 heavy (non-hydrogen) atoms. The lowest BCUT2D eigenvalue weighted by Crippen LogP contribution is -2.54. The van der Waals surface area contributed by atoms with Crippen LogP contribution in [0, 0.1) is 5.82 Å². The molecule has 160 valence electrons. The van der Waals surface area contributed by atoms with Crippen molar-refractivity contribution in [3.05, 3.63) is 59.8 Å². The molecule has 1 saturated heterocycles. The van der Waals surface area contributed by atoms with Gasteiger partial charge in [0, 0.05) is 19.6 Å². The Morgan fingerprint density at radius 3 is 2.63 bits per heavy atom. The number of likely N-dealkylation sites (tertiary alicyclic amines) is 1. The second-order valence-corrected chi connectivity index (χ2v) is 7.24.